The highest BCUT2D eigenvalue weighted by Crippen LogP contribution is 2.17. The second-order valence-corrected chi connectivity index (χ2v) is 3.35. The molecule has 0 bridgehead atoms. The summed E-state index contributed by atoms with van der Waals surface area (Å²) in [7, 11) is 0. The fourth-order valence-corrected chi connectivity index (χ4v) is 1.46. The van der Waals surface area contributed by atoms with Crippen molar-refractivity contribution in [3.63, 3.8) is 0 Å². The molecular formula is C10H13NO. The van der Waals surface area contributed by atoms with Crippen molar-refractivity contribution in [3.05, 3.63) is 29.8 Å². The van der Waals surface area contributed by atoms with E-state index in [2.05, 4.69) is 6.07 Å². The molecule has 64 valence electrons. The lowest BCUT2D eigenvalue weighted by atomic mass is 9.98. The van der Waals surface area contributed by atoms with E-state index in [1.165, 1.54) is 5.56 Å². The van der Waals surface area contributed by atoms with Crippen molar-refractivity contribution in [2.45, 2.75) is 6.42 Å². The maximum atomic E-state index is 5.66. The van der Waals surface area contributed by atoms with Crippen molar-refractivity contribution in [2.24, 2.45) is 5.92 Å². The smallest absolute Gasteiger partial charge is 0.0519 e. The maximum absolute atomic E-state index is 5.66. The molecule has 0 aromatic heterocycles. The third-order valence-electron chi connectivity index (χ3n) is 2.18. The fourth-order valence-electron chi connectivity index (χ4n) is 1.46. The number of anilines is 1. The first-order valence-corrected chi connectivity index (χ1v) is 4.27. The molecule has 12 heavy (non-hydrogen) atoms. The number of benzene rings is 1. The zero-order valence-electron chi connectivity index (χ0n) is 6.99. The van der Waals surface area contributed by atoms with Crippen molar-refractivity contribution >= 4 is 5.69 Å². The number of rotatable bonds is 2. The van der Waals surface area contributed by atoms with E-state index in [9.17, 15) is 0 Å². The monoisotopic (exact) mass is 163 g/mol. The molecule has 0 spiro atoms. The van der Waals surface area contributed by atoms with Crippen LogP contribution in [-0.4, -0.2) is 13.2 Å². The van der Waals surface area contributed by atoms with Crippen LogP contribution in [0.4, 0.5) is 5.69 Å². The topological polar surface area (TPSA) is 35.2 Å². The summed E-state index contributed by atoms with van der Waals surface area (Å²) >= 11 is 0. The van der Waals surface area contributed by atoms with Gasteiger partial charge in [0, 0.05) is 11.6 Å². The Kier molecular flexibility index (Phi) is 2.00. The molecule has 1 aliphatic rings. The number of hydrogen-bond acceptors (Lipinski definition) is 2. The van der Waals surface area contributed by atoms with Crippen LogP contribution in [0.25, 0.3) is 0 Å². The van der Waals surface area contributed by atoms with Crippen LogP contribution in [0, 0.1) is 5.92 Å². The molecule has 0 radical (unpaired) electrons. The Labute approximate surface area is 72.3 Å². The summed E-state index contributed by atoms with van der Waals surface area (Å²) in [6, 6.07) is 8.08. The second-order valence-electron chi connectivity index (χ2n) is 3.35. The SMILES string of the molecule is Nc1cccc(CC2COC2)c1. The van der Waals surface area contributed by atoms with Crippen LogP contribution in [0.1, 0.15) is 5.56 Å². The van der Waals surface area contributed by atoms with Crippen molar-refractivity contribution in [2.75, 3.05) is 18.9 Å². The molecule has 1 heterocycles. The average molecular weight is 163 g/mol. The minimum Gasteiger partial charge on any atom is -0.399 e. The summed E-state index contributed by atoms with van der Waals surface area (Å²) < 4.78 is 5.11. The van der Waals surface area contributed by atoms with Gasteiger partial charge in [-0.25, -0.2) is 0 Å². The summed E-state index contributed by atoms with van der Waals surface area (Å²) in [5.74, 6) is 0.715. The molecule has 2 nitrogen and oxygen atoms in total. The molecule has 2 rings (SSSR count). The predicted molar refractivity (Wildman–Crippen MR) is 48.9 cm³/mol. The van der Waals surface area contributed by atoms with Crippen molar-refractivity contribution in [3.8, 4) is 0 Å². The zero-order chi connectivity index (χ0) is 8.39. The quantitative estimate of drug-likeness (QED) is 0.670. The van der Waals surface area contributed by atoms with Crippen LogP contribution in [0.15, 0.2) is 24.3 Å². The molecular weight excluding hydrogens is 150 g/mol. The van der Waals surface area contributed by atoms with Crippen molar-refractivity contribution in [1.82, 2.24) is 0 Å². The lowest BCUT2D eigenvalue weighted by Gasteiger charge is -2.25. The van der Waals surface area contributed by atoms with Crippen LogP contribution in [0.3, 0.4) is 0 Å². The van der Waals surface area contributed by atoms with Gasteiger partial charge in [-0.1, -0.05) is 12.1 Å². The third kappa shape index (κ3) is 1.59. The van der Waals surface area contributed by atoms with E-state index in [-0.39, 0.29) is 0 Å². The van der Waals surface area contributed by atoms with Gasteiger partial charge in [-0.2, -0.15) is 0 Å². The molecule has 1 aromatic rings. The minimum absolute atomic E-state index is 0.715. The molecule has 0 atom stereocenters. The molecule has 1 saturated heterocycles. The van der Waals surface area contributed by atoms with Crippen LogP contribution in [0.5, 0.6) is 0 Å². The number of hydrogen-bond donors (Lipinski definition) is 1. The number of nitrogen functional groups attached to an aromatic ring is 1. The van der Waals surface area contributed by atoms with Crippen LogP contribution in [-0.2, 0) is 11.2 Å². The van der Waals surface area contributed by atoms with Crippen molar-refractivity contribution < 1.29 is 4.74 Å². The second kappa shape index (κ2) is 3.15. The first-order chi connectivity index (χ1) is 5.84. The third-order valence-corrected chi connectivity index (χ3v) is 2.18. The first kappa shape index (κ1) is 7.62. The van der Waals surface area contributed by atoms with Crippen LogP contribution >= 0.6 is 0 Å². The summed E-state index contributed by atoms with van der Waals surface area (Å²) in [6.45, 7) is 1.82. The normalized spacial score (nSPS) is 17.3. The van der Waals surface area contributed by atoms with E-state index in [4.69, 9.17) is 10.5 Å². The van der Waals surface area contributed by atoms with E-state index < -0.39 is 0 Å². The fraction of sp³-hybridized carbons (Fsp3) is 0.400. The summed E-state index contributed by atoms with van der Waals surface area (Å²) in [5, 5.41) is 0. The van der Waals surface area contributed by atoms with Gasteiger partial charge in [0.05, 0.1) is 13.2 Å². The van der Waals surface area contributed by atoms with Gasteiger partial charge in [0.2, 0.25) is 0 Å². The van der Waals surface area contributed by atoms with Gasteiger partial charge in [0.25, 0.3) is 0 Å². The molecule has 2 heteroatoms. The molecule has 2 N–H and O–H groups in total. The Morgan fingerprint density at radius 1 is 1.42 bits per heavy atom. The Balaban J connectivity index is 2.02. The van der Waals surface area contributed by atoms with E-state index in [0.717, 1.165) is 25.3 Å². The highest BCUT2D eigenvalue weighted by atomic mass is 16.5. The average Bonchev–Trinajstić information content (AvgIpc) is 1.97. The Morgan fingerprint density at radius 2 is 2.25 bits per heavy atom. The Bertz CT molecular complexity index is 268. The van der Waals surface area contributed by atoms with Gasteiger partial charge in [0.15, 0.2) is 0 Å². The molecule has 0 unspecified atom stereocenters. The standard InChI is InChI=1S/C10H13NO/c11-10-3-1-2-8(5-10)4-9-6-12-7-9/h1-3,5,9H,4,6-7,11H2. The molecule has 0 amide bonds. The van der Waals surface area contributed by atoms with E-state index in [1.807, 2.05) is 18.2 Å². The van der Waals surface area contributed by atoms with E-state index in [1.54, 1.807) is 0 Å². The van der Waals surface area contributed by atoms with E-state index in [0.29, 0.717) is 5.92 Å². The lowest BCUT2D eigenvalue weighted by Crippen LogP contribution is -2.29. The number of nitrogens with two attached hydrogens (primary N) is 1. The largest absolute Gasteiger partial charge is 0.399 e. The number of ether oxygens (including phenoxy) is 1. The molecule has 0 aliphatic carbocycles. The highest BCUT2D eigenvalue weighted by molar-refractivity contribution is 5.40. The van der Waals surface area contributed by atoms with Gasteiger partial charge in [-0.15, -0.1) is 0 Å². The maximum Gasteiger partial charge on any atom is 0.0519 e. The Hall–Kier alpha value is -1.02. The summed E-state index contributed by atoms with van der Waals surface area (Å²) in [4.78, 5) is 0. The highest BCUT2D eigenvalue weighted by Gasteiger charge is 2.18. The molecule has 1 aliphatic heterocycles. The van der Waals surface area contributed by atoms with Gasteiger partial charge >= 0.3 is 0 Å². The van der Waals surface area contributed by atoms with Crippen molar-refractivity contribution in [1.29, 1.82) is 0 Å². The summed E-state index contributed by atoms with van der Waals surface area (Å²) in [6.07, 6.45) is 1.10. The Morgan fingerprint density at radius 3 is 2.83 bits per heavy atom. The minimum atomic E-state index is 0.715. The van der Waals surface area contributed by atoms with Gasteiger partial charge < -0.3 is 10.5 Å². The lowest BCUT2D eigenvalue weighted by molar-refractivity contribution is -0.0312. The summed E-state index contributed by atoms with van der Waals surface area (Å²) in [5.41, 5.74) is 7.84. The van der Waals surface area contributed by atoms with Crippen LogP contribution < -0.4 is 5.73 Å². The molecule has 0 saturated carbocycles. The van der Waals surface area contributed by atoms with Gasteiger partial charge in [-0.3, -0.25) is 0 Å². The first-order valence-electron chi connectivity index (χ1n) is 4.27. The van der Waals surface area contributed by atoms with Gasteiger partial charge in [0.1, 0.15) is 0 Å². The predicted octanol–water partition coefficient (Wildman–Crippen LogP) is 1.46. The molecule has 1 aromatic carbocycles. The van der Waals surface area contributed by atoms with Crippen LogP contribution in [0.2, 0.25) is 0 Å². The van der Waals surface area contributed by atoms with Gasteiger partial charge in [-0.05, 0) is 24.1 Å². The zero-order valence-corrected chi connectivity index (χ0v) is 6.99. The molecule has 1 fully saturated rings. The van der Waals surface area contributed by atoms with E-state index >= 15 is 0 Å².